The van der Waals surface area contributed by atoms with E-state index in [9.17, 15) is 9.59 Å². The number of hydrogen-bond donors (Lipinski definition) is 2. The first kappa shape index (κ1) is 17.5. The predicted octanol–water partition coefficient (Wildman–Crippen LogP) is 2.44. The molecule has 126 valence electrons. The van der Waals surface area contributed by atoms with E-state index in [1.165, 1.54) is 0 Å². The van der Waals surface area contributed by atoms with Gasteiger partial charge in [0, 0.05) is 13.0 Å². The van der Waals surface area contributed by atoms with Gasteiger partial charge in [-0.2, -0.15) is 0 Å². The van der Waals surface area contributed by atoms with Crippen LogP contribution in [-0.2, 0) is 22.4 Å². The molecule has 0 fully saturated rings. The minimum atomic E-state index is -1.00. The summed E-state index contributed by atoms with van der Waals surface area (Å²) in [6.45, 7) is 0.222. The summed E-state index contributed by atoms with van der Waals surface area (Å²) in [6.07, 6.45) is 1.94. The van der Waals surface area contributed by atoms with E-state index in [0.717, 1.165) is 24.0 Å². The van der Waals surface area contributed by atoms with Crippen LogP contribution in [0.25, 0.3) is 0 Å². The molecular weight excluding hydrogens is 306 g/mol. The second-order valence-electron chi connectivity index (χ2n) is 5.41. The number of aliphatic carboxylic acids is 1. The number of benzene rings is 2. The van der Waals surface area contributed by atoms with E-state index in [-0.39, 0.29) is 12.5 Å². The van der Waals surface area contributed by atoms with Crippen molar-refractivity contribution in [3.63, 3.8) is 0 Å². The van der Waals surface area contributed by atoms with Gasteiger partial charge in [0.05, 0.1) is 0 Å². The molecule has 0 atom stereocenters. The molecule has 2 aromatic rings. The number of nitrogens with one attached hydrogen (secondary N) is 1. The minimum absolute atomic E-state index is 0.0419. The molecule has 2 N–H and O–H groups in total. The van der Waals surface area contributed by atoms with Crippen molar-refractivity contribution < 1.29 is 19.4 Å². The molecular formula is C19H21NO4. The molecule has 0 radical (unpaired) electrons. The lowest BCUT2D eigenvalue weighted by Crippen LogP contribution is -2.25. The zero-order valence-electron chi connectivity index (χ0n) is 13.4. The molecule has 0 heterocycles. The lowest BCUT2D eigenvalue weighted by Gasteiger charge is -2.07. The Morgan fingerprint density at radius 1 is 0.917 bits per heavy atom. The molecule has 0 aliphatic rings. The normalized spacial score (nSPS) is 10.2. The highest BCUT2D eigenvalue weighted by molar-refractivity contribution is 5.76. The van der Waals surface area contributed by atoms with Crippen LogP contribution in [0.2, 0.25) is 0 Å². The first-order valence-electron chi connectivity index (χ1n) is 7.87. The van der Waals surface area contributed by atoms with Gasteiger partial charge in [0.25, 0.3) is 0 Å². The SMILES string of the molecule is O=C(O)COc1ccc(CCNC(=O)CCc2ccccc2)cc1. The number of hydrogen-bond acceptors (Lipinski definition) is 3. The Morgan fingerprint density at radius 2 is 1.58 bits per heavy atom. The summed E-state index contributed by atoms with van der Waals surface area (Å²) in [4.78, 5) is 22.2. The van der Waals surface area contributed by atoms with Crippen LogP contribution in [0.4, 0.5) is 0 Å². The van der Waals surface area contributed by atoms with Crippen LogP contribution >= 0.6 is 0 Å². The molecule has 0 bridgehead atoms. The molecule has 5 heteroatoms. The molecule has 5 nitrogen and oxygen atoms in total. The second-order valence-corrected chi connectivity index (χ2v) is 5.41. The van der Waals surface area contributed by atoms with Crippen LogP contribution in [0, 0.1) is 0 Å². The Balaban J connectivity index is 1.66. The fourth-order valence-corrected chi connectivity index (χ4v) is 2.23. The summed E-state index contributed by atoms with van der Waals surface area (Å²) < 4.78 is 5.07. The zero-order valence-corrected chi connectivity index (χ0v) is 13.4. The summed E-state index contributed by atoms with van der Waals surface area (Å²) in [6, 6.07) is 17.1. The number of ether oxygens (including phenoxy) is 1. The average molecular weight is 327 g/mol. The fraction of sp³-hybridized carbons (Fsp3) is 0.263. The van der Waals surface area contributed by atoms with Crippen molar-refractivity contribution in [3.05, 3.63) is 65.7 Å². The van der Waals surface area contributed by atoms with Gasteiger partial charge in [-0.05, 0) is 36.1 Å². The van der Waals surface area contributed by atoms with Gasteiger partial charge in [0.2, 0.25) is 5.91 Å². The van der Waals surface area contributed by atoms with Gasteiger partial charge < -0.3 is 15.2 Å². The molecule has 0 saturated carbocycles. The molecule has 0 saturated heterocycles. The molecule has 2 rings (SSSR count). The summed E-state index contributed by atoms with van der Waals surface area (Å²) >= 11 is 0. The maximum atomic E-state index is 11.8. The number of carbonyl (C=O) groups is 2. The third-order valence-corrected chi connectivity index (χ3v) is 3.51. The van der Waals surface area contributed by atoms with Crippen molar-refractivity contribution in [2.24, 2.45) is 0 Å². The Morgan fingerprint density at radius 3 is 2.25 bits per heavy atom. The van der Waals surface area contributed by atoms with Crippen LogP contribution in [-0.4, -0.2) is 30.1 Å². The predicted molar refractivity (Wildman–Crippen MR) is 91.0 cm³/mol. The first-order valence-corrected chi connectivity index (χ1v) is 7.87. The highest BCUT2D eigenvalue weighted by Gasteiger charge is 2.03. The lowest BCUT2D eigenvalue weighted by atomic mass is 10.1. The molecule has 0 aliphatic heterocycles. The topological polar surface area (TPSA) is 75.6 Å². The van der Waals surface area contributed by atoms with Gasteiger partial charge in [0.1, 0.15) is 5.75 Å². The third kappa shape index (κ3) is 6.52. The van der Waals surface area contributed by atoms with E-state index in [0.29, 0.717) is 18.7 Å². The van der Waals surface area contributed by atoms with E-state index in [1.807, 2.05) is 42.5 Å². The Bertz CT molecular complexity index is 653. The average Bonchev–Trinajstić information content (AvgIpc) is 2.60. The zero-order chi connectivity index (χ0) is 17.2. The highest BCUT2D eigenvalue weighted by Crippen LogP contribution is 2.12. The van der Waals surface area contributed by atoms with Crippen molar-refractivity contribution in [1.29, 1.82) is 0 Å². The summed E-state index contributed by atoms with van der Waals surface area (Å²) in [7, 11) is 0. The van der Waals surface area contributed by atoms with Gasteiger partial charge >= 0.3 is 5.97 Å². The van der Waals surface area contributed by atoms with Gasteiger partial charge in [-0.3, -0.25) is 4.79 Å². The van der Waals surface area contributed by atoms with Crippen molar-refractivity contribution in [1.82, 2.24) is 5.32 Å². The van der Waals surface area contributed by atoms with Crippen LogP contribution in [0.3, 0.4) is 0 Å². The van der Waals surface area contributed by atoms with Gasteiger partial charge in [-0.1, -0.05) is 42.5 Å². The monoisotopic (exact) mass is 327 g/mol. The van der Waals surface area contributed by atoms with Crippen molar-refractivity contribution in [3.8, 4) is 5.75 Å². The first-order chi connectivity index (χ1) is 11.6. The van der Waals surface area contributed by atoms with Crippen LogP contribution in [0.1, 0.15) is 17.5 Å². The van der Waals surface area contributed by atoms with Crippen molar-refractivity contribution >= 4 is 11.9 Å². The van der Waals surface area contributed by atoms with E-state index in [2.05, 4.69) is 5.32 Å². The smallest absolute Gasteiger partial charge is 0.341 e. The fourth-order valence-electron chi connectivity index (χ4n) is 2.23. The highest BCUT2D eigenvalue weighted by atomic mass is 16.5. The number of amides is 1. The summed E-state index contributed by atoms with van der Waals surface area (Å²) in [5, 5.41) is 11.5. The van der Waals surface area contributed by atoms with Crippen LogP contribution < -0.4 is 10.1 Å². The van der Waals surface area contributed by atoms with Gasteiger partial charge in [-0.25, -0.2) is 4.79 Å². The number of carbonyl (C=O) groups excluding carboxylic acids is 1. The molecule has 0 aliphatic carbocycles. The van der Waals surface area contributed by atoms with E-state index < -0.39 is 5.97 Å². The third-order valence-electron chi connectivity index (χ3n) is 3.51. The molecule has 24 heavy (non-hydrogen) atoms. The largest absolute Gasteiger partial charge is 0.482 e. The second kappa shape index (κ2) is 9.35. The van der Waals surface area contributed by atoms with Gasteiger partial charge in [-0.15, -0.1) is 0 Å². The standard InChI is InChI=1S/C19H21NO4/c21-18(11-8-15-4-2-1-3-5-15)20-13-12-16-6-9-17(10-7-16)24-14-19(22)23/h1-7,9-10H,8,11-14H2,(H,20,21)(H,22,23). The van der Waals surface area contributed by atoms with E-state index in [4.69, 9.17) is 9.84 Å². The van der Waals surface area contributed by atoms with Crippen molar-refractivity contribution in [2.75, 3.05) is 13.2 Å². The lowest BCUT2D eigenvalue weighted by molar-refractivity contribution is -0.139. The summed E-state index contributed by atoms with van der Waals surface area (Å²) in [5.41, 5.74) is 2.21. The van der Waals surface area contributed by atoms with Crippen molar-refractivity contribution in [2.45, 2.75) is 19.3 Å². The Hall–Kier alpha value is -2.82. The molecule has 2 aromatic carbocycles. The van der Waals surface area contributed by atoms with E-state index >= 15 is 0 Å². The summed E-state index contributed by atoms with van der Waals surface area (Å²) in [5.74, 6) is -0.439. The maximum absolute atomic E-state index is 11.8. The Kier molecular flexibility index (Phi) is 6.83. The Labute approximate surface area is 141 Å². The molecule has 0 unspecified atom stereocenters. The molecule has 0 spiro atoms. The molecule has 1 amide bonds. The van der Waals surface area contributed by atoms with E-state index in [1.54, 1.807) is 12.1 Å². The van der Waals surface area contributed by atoms with Gasteiger partial charge in [0.15, 0.2) is 6.61 Å². The maximum Gasteiger partial charge on any atom is 0.341 e. The van der Waals surface area contributed by atoms with Crippen LogP contribution in [0.15, 0.2) is 54.6 Å². The number of carboxylic acids is 1. The number of carboxylic acid groups (broad SMARTS) is 1. The quantitative estimate of drug-likeness (QED) is 0.742. The molecule has 0 aromatic heterocycles. The number of aryl methyl sites for hydroxylation is 1. The van der Waals surface area contributed by atoms with Crippen LogP contribution in [0.5, 0.6) is 5.75 Å². The minimum Gasteiger partial charge on any atom is -0.482 e. The number of rotatable bonds is 9.